The van der Waals surface area contributed by atoms with Crippen molar-refractivity contribution in [3.05, 3.63) is 77.2 Å². The van der Waals surface area contributed by atoms with Crippen molar-refractivity contribution in [3.8, 4) is 11.1 Å². The van der Waals surface area contributed by atoms with Gasteiger partial charge in [0.25, 0.3) is 0 Å². The lowest BCUT2D eigenvalue weighted by Gasteiger charge is -2.29. The predicted octanol–water partition coefficient (Wildman–Crippen LogP) is 4.31. The van der Waals surface area contributed by atoms with Gasteiger partial charge in [0.05, 0.1) is 6.20 Å². The summed E-state index contributed by atoms with van der Waals surface area (Å²) in [6, 6.07) is 16.0. The number of piperazine rings is 1. The minimum atomic E-state index is 0.389. The van der Waals surface area contributed by atoms with Crippen molar-refractivity contribution in [2.45, 2.75) is 6.92 Å². The molecule has 5 rings (SSSR count). The number of hydrogen-bond acceptors (Lipinski definition) is 6. The van der Waals surface area contributed by atoms with Gasteiger partial charge < -0.3 is 15.5 Å². The van der Waals surface area contributed by atoms with E-state index in [4.69, 9.17) is 11.6 Å². The monoisotopic (exact) mass is 462 g/mol. The number of hydrogen-bond donors (Lipinski definition) is 2. The summed E-state index contributed by atoms with van der Waals surface area (Å²) < 4.78 is 1.65. The molecule has 170 valence electrons. The first-order valence-corrected chi connectivity index (χ1v) is 11.3. The normalized spacial score (nSPS) is 13.4. The fourth-order valence-corrected chi connectivity index (χ4v) is 3.84. The van der Waals surface area contributed by atoms with Crippen LogP contribution in [0.2, 0.25) is 5.02 Å². The molecule has 8 heteroatoms. The molecule has 3 heterocycles. The van der Waals surface area contributed by atoms with Gasteiger partial charge in [-0.3, -0.25) is 4.79 Å². The number of aldehydes is 1. The number of nitrogens with one attached hydrogen (secondary N) is 2. The summed E-state index contributed by atoms with van der Waals surface area (Å²) in [6.07, 6.45) is 4.18. The molecule has 0 spiro atoms. The summed E-state index contributed by atoms with van der Waals surface area (Å²) in [5.41, 5.74) is 6.39. The number of carbonyl (C=O) groups excluding carboxylic acids is 1. The van der Waals surface area contributed by atoms with Crippen LogP contribution in [0.1, 0.15) is 16.1 Å². The largest absolute Gasteiger partial charge is 0.388 e. The Morgan fingerprint density at radius 1 is 1.09 bits per heavy atom. The molecule has 0 amide bonds. The van der Waals surface area contributed by atoms with Crippen LogP contribution in [0.15, 0.2) is 60.9 Å². The van der Waals surface area contributed by atoms with Crippen molar-refractivity contribution in [2.24, 2.45) is 0 Å². The third kappa shape index (κ3) is 5.32. The van der Waals surface area contributed by atoms with Gasteiger partial charge in [-0.2, -0.15) is 5.10 Å². The number of benzene rings is 2. The Hall–Kier alpha value is -3.42. The van der Waals surface area contributed by atoms with Crippen LogP contribution < -0.4 is 15.5 Å². The van der Waals surface area contributed by atoms with Crippen LogP contribution >= 0.6 is 11.6 Å². The molecule has 0 unspecified atom stereocenters. The highest BCUT2D eigenvalue weighted by atomic mass is 35.5. The van der Waals surface area contributed by atoms with Crippen molar-refractivity contribution in [2.75, 3.05) is 43.4 Å². The molecule has 1 aliphatic rings. The number of carbonyl (C=O) groups is 1. The van der Waals surface area contributed by atoms with Gasteiger partial charge in [0.15, 0.2) is 11.9 Å². The zero-order valence-corrected chi connectivity index (χ0v) is 19.5. The highest BCUT2D eigenvalue weighted by Crippen LogP contribution is 2.27. The van der Waals surface area contributed by atoms with E-state index in [1.54, 1.807) is 23.0 Å². The number of nitrogens with zero attached hydrogens (tertiary/aromatic N) is 4. The van der Waals surface area contributed by atoms with Crippen molar-refractivity contribution < 1.29 is 4.79 Å². The van der Waals surface area contributed by atoms with Gasteiger partial charge in [-0.05, 0) is 60.5 Å². The maximum absolute atomic E-state index is 10.8. The van der Waals surface area contributed by atoms with E-state index in [2.05, 4.69) is 49.9 Å². The van der Waals surface area contributed by atoms with E-state index in [0.29, 0.717) is 11.3 Å². The van der Waals surface area contributed by atoms with Gasteiger partial charge >= 0.3 is 0 Å². The molecule has 7 nitrogen and oxygen atoms in total. The fourth-order valence-electron chi connectivity index (χ4n) is 3.73. The number of rotatable bonds is 4. The van der Waals surface area contributed by atoms with Crippen molar-refractivity contribution in [1.82, 2.24) is 19.9 Å². The molecule has 33 heavy (non-hydrogen) atoms. The Labute approximate surface area is 198 Å². The predicted molar refractivity (Wildman–Crippen MR) is 135 cm³/mol. The van der Waals surface area contributed by atoms with Crippen LogP contribution in [0.4, 0.5) is 11.4 Å². The summed E-state index contributed by atoms with van der Waals surface area (Å²) in [7, 11) is 1.94. The smallest absolute Gasteiger partial charge is 0.168 e. The van der Waals surface area contributed by atoms with Crippen LogP contribution in [0.3, 0.4) is 0 Å². The van der Waals surface area contributed by atoms with Crippen molar-refractivity contribution >= 4 is 34.9 Å². The van der Waals surface area contributed by atoms with Crippen LogP contribution in [0.25, 0.3) is 16.8 Å². The van der Waals surface area contributed by atoms with E-state index in [-0.39, 0.29) is 0 Å². The molecule has 0 bridgehead atoms. The number of aromatic nitrogens is 3. The first kappa shape index (κ1) is 22.8. The van der Waals surface area contributed by atoms with E-state index in [0.717, 1.165) is 54.2 Å². The van der Waals surface area contributed by atoms with Crippen LogP contribution in [-0.2, 0) is 0 Å². The van der Waals surface area contributed by atoms with Gasteiger partial charge in [-0.1, -0.05) is 17.7 Å². The second-order valence-corrected chi connectivity index (χ2v) is 8.20. The molecule has 1 aliphatic heterocycles. The summed E-state index contributed by atoms with van der Waals surface area (Å²) in [4.78, 5) is 17.5. The van der Waals surface area contributed by atoms with E-state index in [1.165, 1.54) is 11.4 Å². The highest BCUT2D eigenvalue weighted by molar-refractivity contribution is 6.31. The molecular formula is C25H27ClN6O. The zero-order chi connectivity index (χ0) is 23.2. The van der Waals surface area contributed by atoms with Crippen LogP contribution in [0, 0.1) is 6.92 Å². The topological polar surface area (TPSA) is 74.6 Å². The van der Waals surface area contributed by atoms with Crippen LogP contribution in [0.5, 0.6) is 0 Å². The summed E-state index contributed by atoms with van der Waals surface area (Å²) in [6.45, 7) is 6.35. The second kappa shape index (κ2) is 10.5. The molecule has 2 N–H and O–H groups in total. The number of halogens is 1. The highest BCUT2D eigenvalue weighted by Gasteiger charge is 2.10. The maximum atomic E-state index is 10.8. The first-order chi connectivity index (χ1) is 16.1. The summed E-state index contributed by atoms with van der Waals surface area (Å²) >= 11 is 6.03. The summed E-state index contributed by atoms with van der Waals surface area (Å²) in [5, 5.41) is 11.4. The lowest BCUT2D eigenvalue weighted by atomic mass is 10.1. The quantitative estimate of drug-likeness (QED) is 0.440. The molecular weight excluding hydrogens is 436 g/mol. The fraction of sp³-hybridized carbons (Fsp3) is 0.240. The van der Waals surface area contributed by atoms with Gasteiger partial charge in [0, 0.05) is 61.4 Å². The molecule has 2 aromatic carbocycles. The maximum Gasteiger partial charge on any atom is 0.168 e. The van der Waals surface area contributed by atoms with E-state index >= 15 is 0 Å². The third-order valence-electron chi connectivity index (χ3n) is 5.62. The zero-order valence-electron chi connectivity index (χ0n) is 18.8. The first-order valence-electron chi connectivity index (χ1n) is 10.9. The number of aryl methyl sites for hydroxylation is 1. The molecule has 0 atom stereocenters. The number of anilines is 2. The van der Waals surface area contributed by atoms with E-state index in [1.807, 2.05) is 32.2 Å². The Morgan fingerprint density at radius 3 is 2.52 bits per heavy atom. The Balaban J connectivity index is 0.000000165. The standard InChI is InChI=1S/C14H10ClN3O.C11H17N3/c1-9-6-10(2-3-13(9)15)12-7-16-18-5-4-11(8-19)17-14(12)18;1-12-10-2-4-11(5-3-10)14-8-6-13-7-9-14/h2-8H,1H3;2-5,12-13H,6-9H2,1H3. The minimum absolute atomic E-state index is 0.389. The molecule has 2 aromatic heterocycles. The summed E-state index contributed by atoms with van der Waals surface area (Å²) in [5.74, 6) is 0. The number of fused-ring (bicyclic) bond motifs is 1. The van der Waals surface area contributed by atoms with Crippen molar-refractivity contribution in [3.63, 3.8) is 0 Å². The molecule has 0 saturated carbocycles. The Morgan fingerprint density at radius 2 is 1.85 bits per heavy atom. The molecule has 0 radical (unpaired) electrons. The van der Waals surface area contributed by atoms with Gasteiger partial charge in [0.2, 0.25) is 0 Å². The second-order valence-electron chi connectivity index (χ2n) is 7.79. The molecule has 1 saturated heterocycles. The lowest BCUT2D eigenvalue weighted by Crippen LogP contribution is -2.43. The average molecular weight is 463 g/mol. The SMILES string of the molecule is CNc1ccc(N2CCNCC2)cc1.Cc1cc(-c2cnn3ccc(C=O)nc23)ccc1Cl. The van der Waals surface area contributed by atoms with Gasteiger partial charge in [-0.25, -0.2) is 9.50 Å². The molecule has 1 fully saturated rings. The molecule has 4 aromatic rings. The van der Waals surface area contributed by atoms with E-state index < -0.39 is 0 Å². The Bertz CT molecular complexity index is 1230. The van der Waals surface area contributed by atoms with Crippen LogP contribution in [-0.4, -0.2) is 54.1 Å². The van der Waals surface area contributed by atoms with Gasteiger partial charge in [0.1, 0.15) is 5.69 Å². The van der Waals surface area contributed by atoms with Crippen molar-refractivity contribution in [1.29, 1.82) is 0 Å². The molecule has 0 aliphatic carbocycles. The minimum Gasteiger partial charge on any atom is -0.388 e. The average Bonchev–Trinajstić information content (AvgIpc) is 3.30. The third-order valence-corrected chi connectivity index (χ3v) is 6.04. The van der Waals surface area contributed by atoms with Gasteiger partial charge in [-0.15, -0.1) is 0 Å². The van der Waals surface area contributed by atoms with E-state index in [9.17, 15) is 4.79 Å². The lowest BCUT2D eigenvalue weighted by molar-refractivity contribution is 0.111. The Kier molecular flexibility index (Phi) is 7.22.